The number of hydrogen-bond donors (Lipinski definition) is 1. The number of carbonyl (C=O) groups is 1. The van der Waals surface area contributed by atoms with E-state index in [0.29, 0.717) is 24.9 Å². The van der Waals surface area contributed by atoms with E-state index < -0.39 is 0 Å². The molecule has 2 aliphatic heterocycles. The Morgan fingerprint density at radius 1 is 1.27 bits per heavy atom. The van der Waals surface area contributed by atoms with Crippen molar-refractivity contribution in [1.82, 2.24) is 10.2 Å². The molecule has 1 aromatic rings. The molecule has 3 rings (SSSR count). The monoisotopic (exact) mass is 388 g/mol. The highest BCUT2D eigenvalue weighted by Crippen LogP contribution is 2.27. The largest absolute Gasteiger partial charge is 0.492 e. The minimum atomic E-state index is 0. The Hall–Kier alpha value is -0.780. The molecule has 0 bridgehead atoms. The minimum absolute atomic E-state index is 0. The molecular weight excluding hydrogens is 368 g/mol. The maximum absolute atomic E-state index is 12.2. The zero-order chi connectivity index (χ0) is 14.7. The quantitative estimate of drug-likeness (QED) is 0.787. The Kier molecular flexibility index (Phi) is 6.53. The van der Waals surface area contributed by atoms with Gasteiger partial charge in [0.05, 0.1) is 11.1 Å². The number of para-hydroxylation sites is 1. The van der Waals surface area contributed by atoms with E-state index in [1.165, 1.54) is 0 Å². The zero-order valence-corrected chi connectivity index (χ0v) is 14.9. The average molecular weight is 390 g/mol. The molecule has 2 fully saturated rings. The van der Waals surface area contributed by atoms with Crippen LogP contribution in [-0.4, -0.2) is 43.6 Å². The Balaban J connectivity index is 0.00000176. The van der Waals surface area contributed by atoms with Gasteiger partial charge in [-0.15, -0.1) is 12.4 Å². The molecule has 6 heteroatoms. The molecule has 1 amide bonds. The number of amides is 1. The molecule has 22 heavy (non-hydrogen) atoms. The van der Waals surface area contributed by atoms with Crippen LogP contribution in [0.15, 0.2) is 28.7 Å². The van der Waals surface area contributed by atoms with Crippen LogP contribution in [0.5, 0.6) is 5.75 Å². The van der Waals surface area contributed by atoms with E-state index >= 15 is 0 Å². The summed E-state index contributed by atoms with van der Waals surface area (Å²) in [6.45, 7) is 4.58. The van der Waals surface area contributed by atoms with Crippen LogP contribution in [0.4, 0.5) is 0 Å². The second kappa shape index (κ2) is 8.18. The number of rotatable bonds is 5. The summed E-state index contributed by atoms with van der Waals surface area (Å²) in [5.74, 6) is 2.46. The van der Waals surface area contributed by atoms with Gasteiger partial charge in [-0.25, -0.2) is 0 Å². The van der Waals surface area contributed by atoms with Gasteiger partial charge in [0.2, 0.25) is 5.91 Å². The van der Waals surface area contributed by atoms with Crippen molar-refractivity contribution in [2.45, 2.75) is 12.8 Å². The molecule has 0 saturated carbocycles. The highest BCUT2D eigenvalue weighted by molar-refractivity contribution is 9.10. The number of nitrogens with zero attached hydrogens (tertiary/aromatic N) is 1. The average Bonchev–Trinajstić information content (AvgIpc) is 3.06. The molecule has 0 unspecified atom stereocenters. The summed E-state index contributed by atoms with van der Waals surface area (Å²) in [5.41, 5.74) is 0. The minimum Gasteiger partial charge on any atom is -0.492 e. The fourth-order valence-corrected chi connectivity index (χ4v) is 3.58. The van der Waals surface area contributed by atoms with Crippen molar-refractivity contribution < 1.29 is 9.53 Å². The number of halogens is 2. The lowest BCUT2D eigenvalue weighted by Gasteiger charge is -2.17. The Bertz CT molecular complexity index is 503. The Morgan fingerprint density at radius 2 is 1.95 bits per heavy atom. The first-order valence-electron chi connectivity index (χ1n) is 7.60. The Morgan fingerprint density at radius 3 is 2.64 bits per heavy atom. The molecule has 0 aliphatic carbocycles. The van der Waals surface area contributed by atoms with Crippen molar-refractivity contribution >= 4 is 34.2 Å². The summed E-state index contributed by atoms with van der Waals surface area (Å²) < 4.78 is 6.65. The number of fused-ring (bicyclic) bond motifs is 1. The van der Waals surface area contributed by atoms with Crippen LogP contribution >= 0.6 is 28.3 Å². The molecular formula is C16H22BrClN2O2. The van der Waals surface area contributed by atoms with Crippen LogP contribution in [0.1, 0.15) is 12.8 Å². The topological polar surface area (TPSA) is 41.6 Å². The third-order valence-corrected chi connectivity index (χ3v) is 5.03. The summed E-state index contributed by atoms with van der Waals surface area (Å²) in [7, 11) is 0. The van der Waals surface area contributed by atoms with Gasteiger partial charge in [-0.2, -0.15) is 0 Å². The third-order valence-electron chi connectivity index (χ3n) is 4.37. The predicted molar refractivity (Wildman–Crippen MR) is 92.5 cm³/mol. The first kappa shape index (κ1) is 17.6. The van der Waals surface area contributed by atoms with Crippen LogP contribution < -0.4 is 10.1 Å². The van der Waals surface area contributed by atoms with E-state index in [0.717, 1.165) is 42.8 Å². The fourth-order valence-electron chi connectivity index (χ4n) is 3.18. The highest BCUT2D eigenvalue weighted by Gasteiger charge is 2.37. The van der Waals surface area contributed by atoms with Crippen LogP contribution in [0, 0.1) is 11.8 Å². The number of likely N-dealkylation sites (tertiary alicyclic amines) is 1. The fraction of sp³-hybridized carbons (Fsp3) is 0.562. The molecule has 2 atom stereocenters. The van der Waals surface area contributed by atoms with E-state index in [1.807, 2.05) is 29.2 Å². The number of hydrogen-bond acceptors (Lipinski definition) is 3. The molecule has 2 saturated heterocycles. The van der Waals surface area contributed by atoms with Gasteiger partial charge in [0, 0.05) is 32.6 Å². The lowest BCUT2D eigenvalue weighted by atomic mass is 10.0. The molecule has 1 N–H and O–H groups in total. The van der Waals surface area contributed by atoms with Gasteiger partial charge in [-0.1, -0.05) is 12.1 Å². The van der Waals surface area contributed by atoms with Gasteiger partial charge in [0.1, 0.15) is 5.75 Å². The first-order chi connectivity index (χ1) is 10.2. The second-order valence-corrected chi connectivity index (χ2v) is 6.71. The maximum Gasteiger partial charge on any atom is 0.222 e. The van der Waals surface area contributed by atoms with Crippen molar-refractivity contribution in [3.63, 3.8) is 0 Å². The predicted octanol–water partition coefficient (Wildman–Crippen LogP) is 2.71. The summed E-state index contributed by atoms with van der Waals surface area (Å²) in [4.78, 5) is 14.2. The van der Waals surface area contributed by atoms with Gasteiger partial charge in [-0.3, -0.25) is 4.79 Å². The molecule has 2 aliphatic rings. The van der Waals surface area contributed by atoms with Crippen molar-refractivity contribution in [3.8, 4) is 5.75 Å². The summed E-state index contributed by atoms with van der Waals surface area (Å²) >= 11 is 3.45. The van der Waals surface area contributed by atoms with Gasteiger partial charge >= 0.3 is 0 Å². The van der Waals surface area contributed by atoms with Crippen molar-refractivity contribution in [2.75, 3.05) is 32.8 Å². The van der Waals surface area contributed by atoms with E-state index in [1.54, 1.807) is 0 Å². The number of carbonyl (C=O) groups excluding carboxylic acids is 1. The molecule has 4 nitrogen and oxygen atoms in total. The standard InChI is InChI=1S/C16H21BrN2O2.ClH/c17-14-4-1-2-5-15(14)21-7-3-6-16(20)19-10-12-8-18-9-13(12)11-19;/h1-2,4-5,12-13,18H,3,6-11H2;1H/t12-,13+;. The molecule has 1 aromatic carbocycles. The second-order valence-electron chi connectivity index (χ2n) is 5.86. The van der Waals surface area contributed by atoms with Crippen LogP contribution in [0.2, 0.25) is 0 Å². The van der Waals surface area contributed by atoms with E-state index in [-0.39, 0.29) is 18.3 Å². The van der Waals surface area contributed by atoms with Crippen molar-refractivity contribution in [2.24, 2.45) is 11.8 Å². The molecule has 0 aromatic heterocycles. The van der Waals surface area contributed by atoms with E-state index in [4.69, 9.17) is 4.74 Å². The first-order valence-corrected chi connectivity index (χ1v) is 8.39. The molecule has 122 valence electrons. The number of ether oxygens (including phenoxy) is 1. The normalized spacial score (nSPS) is 23.0. The maximum atomic E-state index is 12.2. The molecule has 0 radical (unpaired) electrons. The molecule has 2 heterocycles. The summed E-state index contributed by atoms with van der Waals surface area (Å²) in [6, 6.07) is 7.79. The van der Waals surface area contributed by atoms with Crippen LogP contribution in [-0.2, 0) is 4.79 Å². The highest BCUT2D eigenvalue weighted by atomic mass is 79.9. The van der Waals surface area contributed by atoms with Crippen LogP contribution in [0.3, 0.4) is 0 Å². The van der Waals surface area contributed by atoms with Gasteiger partial charge < -0.3 is 15.0 Å². The van der Waals surface area contributed by atoms with Crippen molar-refractivity contribution in [3.05, 3.63) is 28.7 Å². The van der Waals surface area contributed by atoms with Gasteiger partial charge in [0.15, 0.2) is 0 Å². The van der Waals surface area contributed by atoms with E-state index in [2.05, 4.69) is 21.2 Å². The summed E-state index contributed by atoms with van der Waals surface area (Å²) in [5, 5.41) is 3.40. The Labute approximate surface area is 146 Å². The van der Waals surface area contributed by atoms with E-state index in [9.17, 15) is 4.79 Å². The molecule has 0 spiro atoms. The van der Waals surface area contributed by atoms with Crippen LogP contribution in [0.25, 0.3) is 0 Å². The smallest absolute Gasteiger partial charge is 0.222 e. The van der Waals surface area contributed by atoms with Gasteiger partial charge in [-0.05, 0) is 46.3 Å². The lowest BCUT2D eigenvalue weighted by molar-refractivity contribution is -0.130. The number of benzene rings is 1. The number of nitrogens with one attached hydrogen (secondary N) is 1. The van der Waals surface area contributed by atoms with Crippen molar-refractivity contribution in [1.29, 1.82) is 0 Å². The summed E-state index contributed by atoms with van der Waals surface area (Å²) in [6.07, 6.45) is 1.35. The zero-order valence-electron chi connectivity index (χ0n) is 12.5. The SMILES string of the molecule is Cl.O=C(CCCOc1ccccc1Br)N1C[C@H]2CNC[C@H]2C1. The lowest BCUT2D eigenvalue weighted by Crippen LogP contribution is -2.31. The third kappa shape index (κ3) is 4.15. The van der Waals surface area contributed by atoms with Gasteiger partial charge in [0.25, 0.3) is 0 Å².